The predicted octanol–water partition coefficient (Wildman–Crippen LogP) is 1.08. The van der Waals surface area contributed by atoms with Gasteiger partial charge in [-0.2, -0.15) is 0 Å². The van der Waals surface area contributed by atoms with Crippen LogP contribution in [0.15, 0.2) is 59.1 Å². The van der Waals surface area contributed by atoms with Crippen LogP contribution in [0, 0.1) is 11.8 Å². The number of rotatable bonds is 7. The molecule has 3 aliphatic rings. The van der Waals surface area contributed by atoms with Gasteiger partial charge in [-0.05, 0) is 81.8 Å². The van der Waals surface area contributed by atoms with Gasteiger partial charge < -0.3 is 36.4 Å². The Morgan fingerprint density at radius 3 is 2.27 bits per heavy atom. The number of nitrogens with two attached hydrogens (primary N) is 1. The molecule has 232 valence electrons. The van der Waals surface area contributed by atoms with Crippen molar-refractivity contribution in [2.45, 2.75) is 24.5 Å². The first-order valence-electron chi connectivity index (χ1n) is 14.2. The van der Waals surface area contributed by atoms with Gasteiger partial charge in [-0.25, -0.2) is 0 Å². The molecule has 0 aliphatic heterocycles. The summed E-state index contributed by atoms with van der Waals surface area (Å²) in [5.41, 5.74) is 3.83. The number of nitrogens with zero attached hydrogens (tertiary/aromatic N) is 2. The standard InChI is InChI=1S/C32H36N4O8/c1-35(2)12-11-34-31(43)16-7-5-15(6-8-16)18-9-10-21(37)23-19(18)13-17-14-20-25(36(3)4)27(39)24(30(33)42)29(41)32(20,44)28(40)22(17)26(23)38/h5-10,17,20,25,37,39-40,44H,11-14H2,1-4H3,(H2,33,42)(H,34,43)/t17-,20-,25-,32-/m0/s1. The van der Waals surface area contributed by atoms with Crippen LogP contribution in [0.25, 0.3) is 11.1 Å². The fourth-order valence-electron chi connectivity index (χ4n) is 6.82. The Balaban J connectivity index is 1.56. The topological polar surface area (TPSA) is 194 Å². The largest absolute Gasteiger partial charge is 0.510 e. The van der Waals surface area contributed by atoms with Gasteiger partial charge in [-0.1, -0.05) is 18.2 Å². The molecule has 3 aliphatic carbocycles. The number of aliphatic hydroxyl groups is 3. The summed E-state index contributed by atoms with van der Waals surface area (Å²) in [6.07, 6.45) is 0.151. The van der Waals surface area contributed by atoms with Gasteiger partial charge in [0.2, 0.25) is 5.78 Å². The van der Waals surface area contributed by atoms with Crippen LogP contribution in [0.5, 0.6) is 5.75 Å². The lowest BCUT2D eigenvalue weighted by molar-refractivity contribution is -0.148. The molecule has 0 unspecified atom stereocenters. The van der Waals surface area contributed by atoms with Gasteiger partial charge in [0.05, 0.1) is 11.6 Å². The second kappa shape index (κ2) is 11.2. The van der Waals surface area contributed by atoms with Crippen molar-refractivity contribution >= 4 is 23.4 Å². The van der Waals surface area contributed by atoms with Crippen LogP contribution in [0.2, 0.25) is 0 Å². The lowest BCUT2D eigenvalue weighted by atomic mass is 9.58. The van der Waals surface area contributed by atoms with E-state index in [-0.39, 0.29) is 35.6 Å². The zero-order valence-corrected chi connectivity index (χ0v) is 24.9. The maximum Gasteiger partial charge on any atom is 0.255 e. The third-order valence-electron chi connectivity index (χ3n) is 8.91. The molecule has 0 aromatic heterocycles. The molecule has 4 atom stereocenters. The minimum atomic E-state index is -2.69. The monoisotopic (exact) mass is 604 g/mol. The molecule has 2 amide bonds. The van der Waals surface area contributed by atoms with Crippen LogP contribution in [-0.2, 0) is 16.0 Å². The fourth-order valence-corrected chi connectivity index (χ4v) is 6.82. The number of ketones is 2. The number of primary amides is 1. The highest BCUT2D eigenvalue weighted by Gasteiger charge is 2.63. The first-order chi connectivity index (χ1) is 20.7. The number of phenolic OH excluding ortho intramolecular Hbond substituents is 1. The maximum absolute atomic E-state index is 14.0. The Labute approximate surface area is 254 Å². The molecule has 44 heavy (non-hydrogen) atoms. The normalized spacial score (nSPS) is 24.8. The molecule has 0 heterocycles. The molecule has 0 spiro atoms. The molecule has 0 saturated heterocycles. The number of fused-ring (bicyclic) bond motifs is 3. The first-order valence-corrected chi connectivity index (χ1v) is 14.2. The van der Waals surface area contributed by atoms with E-state index in [1.807, 2.05) is 19.0 Å². The Kier molecular flexibility index (Phi) is 7.87. The highest BCUT2D eigenvalue weighted by molar-refractivity contribution is 6.25. The van der Waals surface area contributed by atoms with E-state index in [0.717, 1.165) is 0 Å². The quantitative estimate of drug-likeness (QED) is 0.249. The summed E-state index contributed by atoms with van der Waals surface area (Å²) in [5.74, 6) is -7.21. The number of hydrogen-bond donors (Lipinski definition) is 6. The average Bonchev–Trinajstić information content (AvgIpc) is 2.94. The number of allylic oxidation sites excluding steroid dienone is 1. The summed E-state index contributed by atoms with van der Waals surface area (Å²) >= 11 is 0. The van der Waals surface area contributed by atoms with Crippen molar-refractivity contribution in [3.05, 3.63) is 75.8 Å². The van der Waals surface area contributed by atoms with Crippen molar-refractivity contribution in [2.75, 3.05) is 41.3 Å². The van der Waals surface area contributed by atoms with Crippen LogP contribution in [0.3, 0.4) is 0 Å². The lowest BCUT2D eigenvalue weighted by Crippen LogP contribution is -2.63. The van der Waals surface area contributed by atoms with Gasteiger partial charge in [0.25, 0.3) is 11.8 Å². The summed E-state index contributed by atoms with van der Waals surface area (Å²) in [6, 6.07) is 8.78. The number of carbonyl (C=O) groups is 4. The molecule has 5 rings (SSSR count). The third kappa shape index (κ3) is 4.75. The zero-order valence-electron chi connectivity index (χ0n) is 24.9. The number of carbonyl (C=O) groups excluding carboxylic acids is 4. The SMILES string of the molecule is CN(C)CCNC(=O)c1ccc(-c2ccc(O)c3c2C[C@H]2C[C@H]4[C@H](N(C)C)C(O)=C(C(N)=O)C(=O)[C@@]4(O)C(O)=C2C3=O)cc1. The first kappa shape index (κ1) is 30.9. The van der Waals surface area contributed by atoms with Crippen LogP contribution in [-0.4, -0.2) is 107 Å². The smallest absolute Gasteiger partial charge is 0.255 e. The summed E-state index contributed by atoms with van der Waals surface area (Å²) in [6.45, 7) is 1.17. The molecule has 0 saturated carbocycles. The Morgan fingerprint density at radius 2 is 1.68 bits per heavy atom. The van der Waals surface area contributed by atoms with E-state index in [9.17, 15) is 39.6 Å². The molecule has 12 heteroatoms. The van der Waals surface area contributed by atoms with Gasteiger partial charge in [0.1, 0.15) is 22.8 Å². The molecule has 0 radical (unpaired) electrons. The van der Waals surface area contributed by atoms with E-state index in [2.05, 4.69) is 5.32 Å². The molecule has 0 fully saturated rings. The number of aliphatic hydroxyl groups excluding tert-OH is 2. The lowest BCUT2D eigenvalue weighted by Gasteiger charge is -2.50. The summed E-state index contributed by atoms with van der Waals surface area (Å²) in [5, 5.41) is 47.8. The van der Waals surface area contributed by atoms with E-state index < -0.39 is 58.0 Å². The average molecular weight is 605 g/mol. The molecular formula is C32H36N4O8. The van der Waals surface area contributed by atoms with E-state index in [0.29, 0.717) is 35.3 Å². The van der Waals surface area contributed by atoms with Crippen molar-refractivity contribution in [1.82, 2.24) is 15.1 Å². The van der Waals surface area contributed by atoms with Crippen molar-refractivity contribution in [2.24, 2.45) is 17.6 Å². The number of aromatic hydroxyl groups is 1. The number of benzene rings is 2. The number of likely N-dealkylation sites (N-methyl/N-ethyl adjacent to an activating group) is 2. The fraction of sp³-hybridized carbons (Fsp3) is 0.375. The van der Waals surface area contributed by atoms with Crippen molar-refractivity contribution in [1.29, 1.82) is 0 Å². The van der Waals surface area contributed by atoms with Gasteiger partial charge in [0.15, 0.2) is 11.4 Å². The number of nitrogens with one attached hydrogen (secondary N) is 1. The van der Waals surface area contributed by atoms with E-state index in [1.165, 1.54) is 11.0 Å². The summed E-state index contributed by atoms with van der Waals surface area (Å²) in [4.78, 5) is 55.6. The number of phenols is 1. The highest BCUT2D eigenvalue weighted by Crippen LogP contribution is 2.53. The van der Waals surface area contributed by atoms with Crippen molar-refractivity contribution in [3.8, 4) is 16.9 Å². The second-order valence-electron chi connectivity index (χ2n) is 12.1. The Morgan fingerprint density at radius 1 is 1.02 bits per heavy atom. The molecule has 2 aromatic rings. The number of amides is 2. The van der Waals surface area contributed by atoms with Crippen LogP contribution < -0.4 is 11.1 Å². The minimum Gasteiger partial charge on any atom is -0.510 e. The molecule has 2 aromatic carbocycles. The van der Waals surface area contributed by atoms with Crippen LogP contribution in [0.1, 0.15) is 32.7 Å². The van der Waals surface area contributed by atoms with E-state index in [1.54, 1.807) is 44.4 Å². The van der Waals surface area contributed by atoms with Gasteiger partial charge in [0, 0.05) is 30.1 Å². The molecule has 0 bridgehead atoms. The second-order valence-corrected chi connectivity index (χ2v) is 12.1. The van der Waals surface area contributed by atoms with E-state index in [4.69, 9.17) is 5.73 Å². The highest BCUT2D eigenvalue weighted by atomic mass is 16.3. The van der Waals surface area contributed by atoms with Crippen LogP contribution in [0.4, 0.5) is 0 Å². The Bertz CT molecular complexity index is 1640. The molecular weight excluding hydrogens is 568 g/mol. The maximum atomic E-state index is 14.0. The van der Waals surface area contributed by atoms with Crippen molar-refractivity contribution < 1.29 is 39.6 Å². The number of Topliss-reactive ketones (excluding diaryl/α,β-unsaturated/α-hetero) is 2. The minimum absolute atomic E-state index is 0.00703. The van der Waals surface area contributed by atoms with Gasteiger partial charge in [-0.15, -0.1) is 0 Å². The van der Waals surface area contributed by atoms with Gasteiger partial charge in [-0.3, -0.25) is 24.1 Å². The molecule has 12 nitrogen and oxygen atoms in total. The summed E-state index contributed by atoms with van der Waals surface area (Å²) < 4.78 is 0. The Hall–Kier alpha value is -4.52. The zero-order chi connectivity index (χ0) is 32.2. The number of hydrogen-bond acceptors (Lipinski definition) is 10. The third-order valence-corrected chi connectivity index (χ3v) is 8.91. The molecule has 7 N–H and O–H groups in total. The van der Waals surface area contributed by atoms with Crippen molar-refractivity contribution in [3.63, 3.8) is 0 Å². The van der Waals surface area contributed by atoms with Crippen LogP contribution >= 0.6 is 0 Å². The predicted molar refractivity (Wildman–Crippen MR) is 160 cm³/mol. The summed E-state index contributed by atoms with van der Waals surface area (Å²) in [7, 11) is 6.98. The van der Waals surface area contributed by atoms with E-state index >= 15 is 0 Å². The van der Waals surface area contributed by atoms with Gasteiger partial charge >= 0.3 is 0 Å².